The van der Waals surface area contributed by atoms with Gasteiger partial charge in [-0.15, -0.1) is 0 Å². The molecule has 0 aromatic heterocycles. The van der Waals surface area contributed by atoms with Crippen LogP contribution in [0.25, 0.3) is 0 Å². The molecule has 2 atom stereocenters. The Kier molecular flexibility index (Phi) is 7.49. The van der Waals surface area contributed by atoms with Crippen LogP contribution < -0.4 is 4.74 Å². The third kappa shape index (κ3) is 5.74. The summed E-state index contributed by atoms with van der Waals surface area (Å²) in [6.45, 7) is 7.80. The van der Waals surface area contributed by atoms with E-state index in [1.54, 1.807) is 0 Å². The van der Waals surface area contributed by atoms with Crippen LogP contribution in [0.5, 0.6) is 5.75 Å². The van der Waals surface area contributed by atoms with Crippen molar-refractivity contribution in [2.45, 2.75) is 76.9 Å². The minimum atomic E-state index is -0.0927. The second-order valence-electron chi connectivity index (χ2n) is 9.69. The summed E-state index contributed by atoms with van der Waals surface area (Å²) >= 11 is 0. The van der Waals surface area contributed by atoms with Gasteiger partial charge in [0.15, 0.2) is 0 Å². The molecule has 1 N–H and O–H groups in total. The van der Waals surface area contributed by atoms with Crippen LogP contribution in [0.15, 0.2) is 24.3 Å². The van der Waals surface area contributed by atoms with E-state index in [0.717, 1.165) is 44.8 Å². The van der Waals surface area contributed by atoms with Crippen LogP contribution in [-0.4, -0.2) is 60.3 Å². The third-order valence-corrected chi connectivity index (χ3v) is 7.44. The first-order valence-corrected chi connectivity index (χ1v) is 12.1. The highest BCUT2D eigenvalue weighted by Crippen LogP contribution is 2.45. The summed E-state index contributed by atoms with van der Waals surface area (Å²) in [6.07, 6.45) is 12.2. The summed E-state index contributed by atoms with van der Waals surface area (Å²) in [4.78, 5) is 5.16. The Morgan fingerprint density at radius 2 is 1.79 bits per heavy atom. The van der Waals surface area contributed by atoms with E-state index in [2.05, 4.69) is 34.1 Å². The Hall–Kier alpha value is -1.10. The van der Waals surface area contributed by atoms with Crippen molar-refractivity contribution in [1.29, 1.82) is 0 Å². The van der Waals surface area contributed by atoms with Gasteiger partial charge in [-0.05, 0) is 95.2 Å². The molecule has 1 aliphatic carbocycles. The first-order valence-electron chi connectivity index (χ1n) is 12.1. The van der Waals surface area contributed by atoms with Crippen molar-refractivity contribution in [1.82, 2.24) is 9.80 Å². The monoisotopic (exact) mass is 400 g/mol. The fourth-order valence-electron chi connectivity index (χ4n) is 5.79. The largest absolute Gasteiger partial charge is 0.494 e. The lowest BCUT2D eigenvalue weighted by Crippen LogP contribution is -2.46. The Morgan fingerprint density at radius 3 is 2.62 bits per heavy atom. The molecule has 0 amide bonds. The molecule has 4 nitrogen and oxygen atoms in total. The number of aliphatic hydroxyl groups excluding tert-OH is 1. The predicted octanol–water partition coefficient (Wildman–Crippen LogP) is 4.46. The van der Waals surface area contributed by atoms with Crippen molar-refractivity contribution in [3.63, 3.8) is 0 Å². The molecule has 1 saturated carbocycles. The lowest BCUT2D eigenvalue weighted by molar-refractivity contribution is -0.0120. The van der Waals surface area contributed by atoms with E-state index in [0.29, 0.717) is 0 Å². The highest BCUT2D eigenvalue weighted by molar-refractivity contribution is 5.28. The topological polar surface area (TPSA) is 35.9 Å². The van der Waals surface area contributed by atoms with Gasteiger partial charge in [-0.25, -0.2) is 0 Å². The molecule has 2 aliphatic heterocycles. The molecular weight excluding hydrogens is 360 g/mol. The molecule has 4 heteroatoms. The highest BCUT2D eigenvalue weighted by Gasteiger charge is 2.44. The van der Waals surface area contributed by atoms with Gasteiger partial charge < -0.3 is 14.7 Å². The van der Waals surface area contributed by atoms with Crippen molar-refractivity contribution in [3.05, 3.63) is 29.8 Å². The molecule has 4 rings (SSSR count). The lowest BCUT2D eigenvalue weighted by atomic mass is 9.76. The Balaban J connectivity index is 1.20. The van der Waals surface area contributed by atoms with Gasteiger partial charge >= 0.3 is 0 Å². The molecule has 1 aromatic carbocycles. The molecule has 162 valence electrons. The Morgan fingerprint density at radius 1 is 0.966 bits per heavy atom. The molecule has 2 saturated heterocycles. The lowest BCUT2D eigenvalue weighted by Gasteiger charge is -2.42. The minimum absolute atomic E-state index is 0.0927. The zero-order valence-corrected chi connectivity index (χ0v) is 18.2. The van der Waals surface area contributed by atoms with Crippen LogP contribution in [-0.2, 0) is 6.54 Å². The molecule has 0 unspecified atom stereocenters. The second kappa shape index (κ2) is 10.3. The maximum atomic E-state index is 10.5. The molecule has 0 bridgehead atoms. The van der Waals surface area contributed by atoms with E-state index in [1.165, 1.54) is 76.6 Å². The summed E-state index contributed by atoms with van der Waals surface area (Å²) in [5, 5.41) is 10.5. The highest BCUT2D eigenvalue weighted by atomic mass is 16.5. The number of hydrogen-bond acceptors (Lipinski definition) is 4. The Bertz CT molecular complexity index is 631. The van der Waals surface area contributed by atoms with Gasteiger partial charge in [0.2, 0.25) is 0 Å². The summed E-state index contributed by atoms with van der Waals surface area (Å²) < 4.78 is 6.06. The zero-order valence-electron chi connectivity index (χ0n) is 18.2. The standard InChI is InChI=1S/C25H40N2O2/c28-24-11-7-12-25(24)13-8-17-27(21-25)20-22-9-6-10-23(19-22)29-18-5-4-16-26-14-2-1-3-15-26/h6,9-10,19,24,28H,1-5,7-8,11-18,20-21H2/t24-,25+/m1/s1. The number of hydrogen-bond donors (Lipinski definition) is 1. The average molecular weight is 401 g/mol. The number of piperidine rings is 2. The van der Waals surface area contributed by atoms with E-state index < -0.39 is 0 Å². The average Bonchev–Trinajstić information content (AvgIpc) is 3.08. The number of rotatable bonds is 8. The van der Waals surface area contributed by atoms with Crippen molar-refractivity contribution in [2.75, 3.05) is 39.3 Å². The first-order chi connectivity index (χ1) is 14.2. The number of aliphatic hydroxyl groups is 1. The molecular formula is C25H40N2O2. The van der Waals surface area contributed by atoms with Crippen LogP contribution in [0.1, 0.15) is 69.8 Å². The van der Waals surface area contributed by atoms with Crippen molar-refractivity contribution >= 4 is 0 Å². The quantitative estimate of drug-likeness (QED) is 0.654. The molecule has 2 heterocycles. The van der Waals surface area contributed by atoms with Gasteiger partial charge in [0, 0.05) is 18.5 Å². The SMILES string of the molecule is O[C@@H]1CCC[C@@]12CCCN(Cc1cccc(OCCCCN3CCCCC3)c1)C2. The van der Waals surface area contributed by atoms with E-state index >= 15 is 0 Å². The third-order valence-electron chi connectivity index (χ3n) is 7.44. The first kappa shape index (κ1) is 21.1. The van der Waals surface area contributed by atoms with E-state index in [9.17, 15) is 5.11 Å². The smallest absolute Gasteiger partial charge is 0.119 e. The maximum absolute atomic E-state index is 10.5. The molecule has 29 heavy (non-hydrogen) atoms. The van der Waals surface area contributed by atoms with Crippen LogP contribution >= 0.6 is 0 Å². The summed E-state index contributed by atoms with van der Waals surface area (Å²) in [5.74, 6) is 1.01. The minimum Gasteiger partial charge on any atom is -0.494 e. The molecule has 3 aliphatic rings. The van der Waals surface area contributed by atoms with Crippen LogP contribution in [0.4, 0.5) is 0 Å². The van der Waals surface area contributed by atoms with E-state index in [-0.39, 0.29) is 11.5 Å². The molecule has 3 fully saturated rings. The number of likely N-dealkylation sites (tertiary alicyclic amines) is 2. The van der Waals surface area contributed by atoms with E-state index in [1.807, 2.05) is 0 Å². The zero-order chi connectivity index (χ0) is 19.9. The normalized spacial score (nSPS) is 28.8. The van der Waals surface area contributed by atoms with Gasteiger partial charge in [0.25, 0.3) is 0 Å². The number of unbranched alkanes of at least 4 members (excludes halogenated alkanes) is 1. The fraction of sp³-hybridized carbons (Fsp3) is 0.760. The van der Waals surface area contributed by atoms with Gasteiger partial charge in [0.1, 0.15) is 5.75 Å². The van der Waals surface area contributed by atoms with Crippen LogP contribution in [0.2, 0.25) is 0 Å². The fourth-order valence-corrected chi connectivity index (χ4v) is 5.79. The van der Waals surface area contributed by atoms with Crippen molar-refractivity contribution in [3.8, 4) is 5.75 Å². The summed E-state index contributed by atoms with van der Waals surface area (Å²) in [5.41, 5.74) is 1.50. The Labute approximate surface area is 177 Å². The summed E-state index contributed by atoms with van der Waals surface area (Å²) in [6, 6.07) is 8.65. The number of nitrogens with zero attached hydrogens (tertiary/aromatic N) is 2. The number of benzene rings is 1. The molecule has 1 aromatic rings. The van der Waals surface area contributed by atoms with Crippen LogP contribution in [0, 0.1) is 5.41 Å². The number of ether oxygens (including phenoxy) is 1. The van der Waals surface area contributed by atoms with Gasteiger partial charge in [0.05, 0.1) is 12.7 Å². The second-order valence-corrected chi connectivity index (χ2v) is 9.69. The van der Waals surface area contributed by atoms with Gasteiger partial charge in [-0.1, -0.05) is 25.0 Å². The maximum Gasteiger partial charge on any atom is 0.119 e. The molecule has 1 spiro atoms. The van der Waals surface area contributed by atoms with Crippen molar-refractivity contribution in [2.24, 2.45) is 5.41 Å². The molecule has 0 radical (unpaired) electrons. The van der Waals surface area contributed by atoms with E-state index in [4.69, 9.17) is 4.74 Å². The van der Waals surface area contributed by atoms with Crippen molar-refractivity contribution < 1.29 is 9.84 Å². The predicted molar refractivity (Wildman–Crippen MR) is 118 cm³/mol. The van der Waals surface area contributed by atoms with Gasteiger partial charge in [-0.2, -0.15) is 0 Å². The summed E-state index contributed by atoms with van der Waals surface area (Å²) in [7, 11) is 0. The van der Waals surface area contributed by atoms with Gasteiger partial charge in [-0.3, -0.25) is 4.90 Å². The van der Waals surface area contributed by atoms with Crippen LogP contribution in [0.3, 0.4) is 0 Å².